The fourth-order valence-electron chi connectivity index (χ4n) is 1.00. The molecular weight excluding hydrogens is 245 g/mol. The number of hydrogen-bond acceptors (Lipinski definition) is 4. The number of carbonyl (C=O) groups is 1. The standard InChI is InChI=1S/C8H3ClFNOS2/c9-8-7(13-14-11-8)5-3-4(10)1-2-6(5)12/h1-3H. The molecule has 0 fully saturated rings. The first-order valence-electron chi connectivity index (χ1n) is 3.60. The topological polar surface area (TPSA) is 29.4 Å². The van der Waals surface area contributed by atoms with Crippen molar-refractivity contribution in [2.45, 2.75) is 0 Å². The molecule has 0 N–H and O–H groups in total. The van der Waals surface area contributed by atoms with Gasteiger partial charge in [-0.3, -0.25) is 4.79 Å². The van der Waals surface area contributed by atoms with Gasteiger partial charge in [0.25, 0.3) is 0 Å². The van der Waals surface area contributed by atoms with Gasteiger partial charge in [0.1, 0.15) is 5.83 Å². The summed E-state index contributed by atoms with van der Waals surface area (Å²) < 4.78 is 16.7. The van der Waals surface area contributed by atoms with E-state index in [0.29, 0.717) is 4.91 Å². The Kier molecular flexibility index (Phi) is 2.80. The van der Waals surface area contributed by atoms with Crippen LogP contribution in [-0.4, -0.2) is 11.0 Å². The van der Waals surface area contributed by atoms with Gasteiger partial charge >= 0.3 is 0 Å². The van der Waals surface area contributed by atoms with Crippen molar-refractivity contribution in [2.24, 2.45) is 4.40 Å². The largest absolute Gasteiger partial charge is 0.289 e. The van der Waals surface area contributed by atoms with E-state index in [9.17, 15) is 9.18 Å². The van der Waals surface area contributed by atoms with E-state index in [1.54, 1.807) is 0 Å². The molecule has 0 saturated carbocycles. The summed E-state index contributed by atoms with van der Waals surface area (Å²) in [6, 6.07) is 0. The number of ketones is 1. The number of hydrogen-bond donors (Lipinski definition) is 0. The maximum absolute atomic E-state index is 12.9. The third-order valence-electron chi connectivity index (χ3n) is 1.61. The molecule has 72 valence electrons. The van der Waals surface area contributed by atoms with E-state index in [1.807, 2.05) is 0 Å². The van der Waals surface area contributed by atoms with Crippen LogP contribution in [0, 0.1) is 0 Å². The summed E-state index contributed by atoms with van der Waals surface area (Å²) in [5.74, 6) is -0.696. The van der Waals surface area contributed by atoms with Crippen molar-refractivity contribution in [3.63, 3.8) is 0 Å². The molecule has 6 heteroatoms. The van der Waals surface area contributed by atoms with Gasteiger partial charge in [0, 0.05) is 5.57 Å². The fraction of sp³-hybridized carbons (Fsp3) is 0. The van der Waals surface area contributed by atoms with Crippen molar-refractivity contribution in [3.05, 3.63) is 34.5 Å². The van der Waals surface area contributed by atoms with Crippen LogP contribution in [0.1, 0.15) is 0 Å². The monoisotopic (exact) mass is 247 g/mol. The molecule has 0 amide bonds. The molecular formula is C8H3ClFNOS2. The van der Waals surface area contributed by atoms with Gasteiger partial charge in [0.15, 0.2) is 11.0 Å². The van der Waals surface area contributed by atoms with Gasteiger partial charge in [-0.2, -0.15) is 4.40 Å². The van der Waals surface area contributed by atoms with Gasteiger partial charge in [0.2, 0.25) is 0 Å². The van der Waals surface area contributed by atoms with E-state index in [-0.39, 0.29) is 16.5 Å². The summed E-state index contributed by atoms with van der Waals surface area (Å²) >= 11 is 5.75. The lowest BCUT2D eigenvalue weighted by molar-refractivity contribution is -0.111. The van der Waals surface area contributed by atoms with Crippen molar-refractivity contribution in [1.29, 1.82) is 0 Å². The van der Waals surface area contributed by atoms with Gasteiger partial charge in [0.05, 0.1) is 15.9 Å². The molecule has 0 aromatic carbocycles. The zero-order chi connectivity index (χ0) is 10.1. The summed E-state index contributed by atoms with van der Waals surface area (Å²) in [5, 5.41) is 0.253. The Morgan fingerprint density at radius 1 is 1.43 bits per heavy atom. The van der Waals surface area contributed by atoms with Gasteiger partial charge in [-0.15, -0.1) is 0 Å². The Morgan fingerprint density at radius 2 is 2.21 bits per heavy atom. The average molecular weight is 248 g/mol. The second kappa shape index (κ2) is 3.92. The first kappa shape index (κ1) is 10.0. The Hall–Kier alpha value is -0.520. The third kappa shape index (κ3) is 1.80. The minimum Gasteiger partial charge on any atom is -0.289 e. The highest BCUT2D eigenvalue weighted by Gasteiger charge is 2.22. The van der Waals surface area contributed by atoms with Gasteiger partial charge in [-0.25, -0.2) is 4.39 Å². The molecule has 1 heterocycles. The minimum atomic E-state index is -0.450. The van der Waals surface area contributed by atoms with Crippen molar-refractivity contribution < 1.29 is 9.18 Å². The second-order valence-electron chi connectivity index (χ2n) is 2.51. The van der Waals surface area contributed by atoms with Crippen LogP contribution in [-0.2, 0) is 4.79 Å². The van der Waals surface area contributed by atoms with Gasteiger partial charge < -0.3 is 0 Å². The number of carbonyl (C=O) groups excluding carboxylic acids is 1. The Labute approximate surface area is 92.5 Å². The molecule has 0 saturated heterocycles. The predicted octanol–water partition coefficient (Wildman–Crippen LogP) is 3.18. The van der Waals surface area contributed by atoms with Crippen LogP contribution < -0.4 is 0 Å². The highest BCUT2D eigenvalue weighted by molar-refractivity contribution is 8.78. The SMILES string of the molecule is O=C1C=CC(F)=CC1=C1SSN=C1Cl. The molecule has 1 aliphatic heterocycles. The highest BCUT2D eigenvalue weighted by atomic mass is 35.5. The van der Waals surface area contributed by atoms with Crippen molar-refractivity contribution in [2.75, 3.05) is 0 Å². The summed E-state index contributed by atoms with van der Waals surface area (Å²) in [6.45, 7) is 0. The normalized spacial score (nSPS) is 26.6. The Balaban J connectivity index is 2.48. The first-order valence-corrected chi connectivity index (χ1v) is 6.08. The van der Waals surface area contributed by atoms with Crippen molar-refractivity contribution >= 4 is 44.3 Å². The lowest BCUT2D eigenvalue weighted by Gasteiger charge is -2.05. The predicted molar refractivity (Wildman–Crippen MR) is 58.8 cm³/mol. The first-order chi connectivity index (χ1) is 6.68. The summed E-state index contributed by atoms with van der Waals surface area (Å²) in [4.78, 5) is 11.9. The van der Waals surface area contributed by atoms with E-state index < -0.39 is 5.83 Å². The van der Waals surface area contributed by atoms with Crippen LogP contribution in [0.15, 0.2) is 38.9 Å². The van der Waals surface area contributed by atoms with Crippen LogP contribution >= 0.6 is 33.4 Å². The summed E-state index contributed by atoms with van der Waals surface area (Å²) in [6.07, 6.45) is 3.49. The number of allylic oxidation sites excluding steroid dienone is 6. The van der Waals surface area contributed by atoms with E-state index in [2.05, 4.69) is 4.40 Å². The lowest BCUT2D eigenvalue weighted by Crippen LogP contribution is -2.04. The average Bonchev–Trinajstić information content (AvgIpc) is 2.56. The Bertz CT molecular complexity index is 425. The smallest absolute Gasteiger partial charge is 0.187 e. The molecule has 2 rings (SSSR count). The van der Waals surface area contributed by atoms with Crippen molar-refractivity contribution in [3.8, 4) is 0 Å². The molecule has 1 aliphatic carbocycles. The van der Waals surface area contributed by atoms with E-state index in [1.165, 1.54) is 33.9 Å². The summed E-state index contributed by atoms with van der Waals surface area (Å²) in [5.41, 5.74) is 0.272. The number of halogens is 2. The van der Waals surface area contributed by atoms with Crippen LogP contribution in [0.25, 0.3) is 0 Å². The maximum Gasteiger partial charge on any atom is 0.187 e. The van der Waals surface area contributed by atoms with E-state index in [0.717, 1.165) is 6.08 Å². The van der Waals surface area contributed by atoms with Gasteiger partial charge in [-0.05, 0) is 29.0 Å². The van der Waals surface area contributed by atoms with E-state index in [4.69, 9.17) is 11.6 Å². The molecule has 0 aromatic rings. The zero-order valence-corrected chi connectivity index (χ0v) is 9.05. The third-order valence-corrected chi connectivity index (χ3v) is 3.96. The Morgan fingerprint density at radius 3 is 2.86 bits per heavy atom. The van der Waals surface area contributed by atoms with Crippen LogP contribution in [0.3, 0.4) is 0 Å². The zero-order valence-electron chi connectivity index (χ0n) is 6.66. The number of nitrogens with zero attached hydrogens (tertiary/aromatic N) is 1. The molecule has 0 aromatic heterocycles. The fourth-order valence-corrected chi connectivity index (χ4v) is 3.34. The molecule has 0 unspecified atom stereocenters. The van der Waals surface area contributed by atoms with Gasteiger partial charge in [-0.1, -0.05) is 11.6 Å². The number of rotatable bonds is 0. The molecule has 2 nitrogen and oxygen atoms in total. The van der Waals surface area contributed by atoms with Crippen LogP contribution in [0.5, 0.6) is 0 Å². The molecule has 0 bridgehead atoms. The maximum atomic E-state index is 12.9. The van der Waals surface area contributed by atoms with Crippen molar-refractivity contribution in [1.82, 2.24) is 0 Å². The molecule has 0 radical (unpaired) electrons. The lowest BCUT2D eigenvalue weighted by atomic mass is 10.1. The quantitative estimate of drug-likeness (QED) is 0.374. The minimum absolute atomic E-state index is 0.246. The van der Waals surface area contributed by atoms with E-state index >= 15 is 0 Å². The molecule has 2 aliphatic rings. The molecule has 0 spiro atoms. The molecule has 0 atom stereocenters. The molecule has 14 heavy (non-hydrogen) atoms. The second-order valence-corrected chi connectivity index (χ2v) is 4.72. The van der Waals surface area contributed by atoms with Crippen LogP contribution in [0.4, 0.5) is 4.39 Å². The summed E-state index contributed by atoms with van der Waals surface area (Å²) in [7, 11) is 2.43. The highest BCUT2D eigenvalue weighted by Crippen LogP contribution is 2.43. The van der Waals surface area contributed by atoms with Crippen LogP contribution in [0.2, 0.25) is 0 Å².